The van der Waals surface area contributed by atoms with Crippen LogP contribution in [0.2, 0.25) is 16.6 Å². The zero-order valence-electron chi connectivity index (χ0n) is 20.7. The number of hydrogen-bond acceptors (Lipinski definition) is 5. The van der Waals surface area contributed by atoms with Gasteiger partial charge in [-0.25, -0.2) is 8.78 Å². The first kappa shape index (κ1) is 27.5. The van der Waals surface area contributed by atoms with Crippen LogP contribution >= 0.6 is 12.2 Å². The highest BCUT2D eigenvalue weighted by molar-refractivity contribution is 7.80. The minimum atomic E-state index is -2.47. The van der Waals surface area contributed by atoms with Crippen molar-refractivity contribution in [2.75, 3.05) is 12.4 Å². The summed E-state index contributed by atoms with van der Waals surface area (Å²) in [7, 11) is -0.989. The Bertz CT molecular complexity index is 1060. The van der Waals surface area contributed by atoms with E-state index in [9.17, 15) is 4.39 Å². The third-order valence-electron chi connectivity index (χ3n) is 6.27. The van der Waals surface area contributed by atoms with Crippen LogP contribution in [0.25, 0.3) is 0 Å². The molecule has 5 nitrogen and oxygen atoms in total. The molecule has 0 radical (unpaired) electrons. The van der Waals surface area contributed by atoms with Gasteiger partial charge in [-0.15, -0.1) is 0 Å². The first-order chi connectivity index (χ1) is 15.9. The first-order valence-corrected chi connectivity index (χ1v) is 13.8. The number of benzene rings is 2. The molecule has 0 bridgehead atoms. The van der Waals surface area contributed by atoms with Gasteiger partial charge in [0.15, 0.2) is 5.82 Å². The summed E-state index contributed by atoms with van der Waals surface area (Å²) in [6, 6.07) is 7.84. The fourth-order valence-corrected chi connectivity index (χ4v) is 10.1. The summed E-state index contributed by atoms with van der Waals surface area (Å²) in [5.41, 5.74) is 7.00. The van der Waals surface area contributed by atoms with Gasteiger partial charge in [0.1, 0.15) is 34.4 Å². The standard InChI is InChI=1S/C25H33F2N3O2SSi/c1-14(2)34(15(3)4,16(5)6)32-22-12-19(31-7)11-20(23(22)27)24(25(29)33)30-18-9-8-17(13-28)21(26)10-18/h8-12,14-16,24,30H,1-7H3,(H2,29,33). The van der Waals surface area contributed by atoms with E-state index in [4.69, 9.17) is 32.4 Å². The van der Waals surface area contributed by atoms with Crippen LogP contribution in [0.1, 0.15) is 58.7 Å². The normalized spacial score (nSPS) is 12.6. The van der Waals surface area contributed by atoms with Gasteiger partial charge in [0.25, 0.3) is 8.32 Å². The van der Waals surface area contributed by atoms with E-state index in [0.717, 1.165) is 6.07 Å². The topological polar surface area (TPSA) is 80.3 Å². The summed E-state index contributed by atoms with van der Waals surface area (Å²) in [6.45, 7) is 12.7. The van der Waals surface area contributed by atoms with Gasteiger partial charge in [-0.3, -0.25) is 0 Å². The molecule has 34 heavy (non-hydrogen) atoms. The lowest BCUT2D eigenvalue weighted by Crippen LogP contribution is -2.51. The molecule has 0 aromatic heterocycles. The van der Waals surface area contributed by atoms with Crippen molar-refractivity contribution in [3.63, 3.8) is 0 Å². The fraction of sp³-hybridized carbons (Fsp3) is 0.440. The molecule has 0 aliphatic heterocycles. The lowest BCUT2D eigenvalue weighted by Gasteiger charge is -2.42. The average Bonchev–Trinajstić information content (AvgIpc) is 2.76. The van der Waals surface area contributed by atoms with Crippen molar-refractivity contribution in [1.29, 1.82) is 5.26 Å². The predicted molar refractivity (Wildman–Crippen MR) is 139 cm³/mol. The smallest absolute Gasteiger partial charge is 0.258 e. The van der Waals surface area contributed by atoms with Gasteiger partial charge >= 0.3 is 0 Å². The molecule has 1 atom stereocenters. The highest BCUT2D eigenvalue weighted by atomic mass is 32.1. The second-order valence-corrected chi connectivity index (χ2v) is 15.1. The minimum absolute atomic E-state index is 0.0389. The summed E-state index contributed by atoms with van der Waals surface area (Å²) in [4.78, 5) is -0.0389. The van der Waals surface area contributed by atoms with Crippen molar-refractivity contribution in [1.82, 2.24) is 0 Å². The van der Waals surface area contributed by atoms with E-state index in [1.807, 2.05) is 0 Å². The van der Waals surface area contributed by atoms with Gasteiger partial charge in [0.05, 0.1) is 12.7 Å². The van der Waals surface area contributed by atoms with Crippen molar-refractivity contribution in [3.8, 4) is 17.6 Å². The number of rotatable bonds is 10. The number of nitrogens with one attached hydrogen (secondary N) is 1. The van der Waals surface area contributed by atoms with E-state index in [1.165, 1.54) is 25.3 Å². The molecule has 0 saturated heterocycles. The number of nitrogens with zero attached hydrogens (tertiary/aromatic N) is 1. The highest BCUT2D eigenvalue weighted by Crippen LogP contribution is 2.44. The van der Waals surface area contributed by atoms with Gasteiger partial charge < -0.3 is 20.2 Å². The summed E-state index contributed by atoms with van der Waals surface area (Å²) in [6.07, 6.45) is 0. The molecule has 2 aromatic rings. The molecule has 3 N–H and O–H groups in total. The monoisotopic (exact) mass is 505 g/mol. The third-order valence-corrected chi connectivity index (χ3v) is 12.5. The zero-order chi connectivity index (χ0) is 25.8. The van der Waals surface area contributed by atoms with Crippen LogP contribution in [0.15, 0.2) is 30.3 Å². The minimum Gasteiger partial charge on any atom is -0.541 e. The van der Waals surface area contributed by atoms with Crippen LogP contribution in [-0.4, -0.2) is 20.4 Å². The Morgan fingerprint density at radius 3 is 2.09 bits per heavy atom. The number of hydrogen-bond donors (Lipinski definition) is 2. The quantitative estimate of drug-likeness (QED) is 0.272. The number of thiocarbonyl (C=S) groups is 1. The van der Waals surface area contributed by atoms with Gasteiger partial charge in [0.2, 0.25) is 0 Å². The van der Waals surface area contributed by atoms with Crippen LogP contribution in [0.3, 0.4) is 0 Å². The molecule has 0 spiro atoms. The molecule has 0 heterocycles. The number of halogens is 2. The maximum atomic E-state index is 16.0. The lowest BCUT2D eigenvalue weighted by atomic mass is 10.0. The Morgan fingerprint density at radius 1 is 1.06 bits per heavy atom. The van der Waals surface area contributed by atoms with E-state index in [1.54, 1.807) is 12.1 Å². The van der Waals surface area contributed by atoms with Crippen LogP contribution in [0, 0.1) is 23.0 Å². The molecular weight excluding hydrogens is 472 g/mol. The molecule has 2 rings (SSSR count). The number of ether oxygens (including phenoxy) is 1. The molecule has 1 unspecified atom stereocenters. The Kier molecular flexibility index (Phi) is 9.03. The van der Waals surface area contributed by atoms with Gasteiger partial charge in [0, 0.05) is 17.3 Å². The summed E-state index contributed by atoms with van der Waals surface area (Å²) in [5, 5.41) is 11.9. The predicted octanol–water partition coefficient (Wildman–Crippen LogP) is 6.84. The zero-order valence-corrected chi connectivity index (χ0v) is 22.5. The van der Waals surface area contributed by atoms with Gasteiger partial charge in [-0.1, -0.05) is 53.8 Å². The molecule has 0 aliphatic carbocycles. The number of anilines is 1. The van der Waals surface area contributed by atoms with Crippen molar-refractivity contribution < 1.29 is 17.9 Å². The first-order valence-electron chi connectivity index (χ1n) is 11.2. The van der Waals surface area contributed by atoms with Crippen LogP contribution in [0.5, 0.6) is 11.5 Å². The highest BCUT2D eigenvalue weighted by Gasteiger charge is 2.47. The molecule has 184 valence electrons. The summed E-state index contributed by atoms with van der Waals surface area (Å²) in [5.74, 6) is -0.823. The maximum Gasteiger partial charge on any atom is 0.258 e. The second-order valence-electron chi connectivity index (χ2n) is 9.23. The SMILES string of the molecule is COc1cc(O[Si](C(C)C)(C(C)C)C(C)C)c(F)c(C(Nc2ccc(C#N)c(F)c2)C(N)=S)c1. The molecule has 9 heteroatoms. The Labute approximate surface area is 207 Å². The van der Waals surface area contributed by atoms with Crippen molar-refractivity contribution in [3.05, 3.63) is 53.1 Å². The Balaban J connectivity index is 2.62. The molecule has 0 amide bonds. The third kappa shape index (κ3) is 5.50. The maximum absolute atomic E-state index is 16.0. The van der Waals surface area contributed by atoms with Gasteiger partial charge in [-0.2, -0.15) is 5.26 Å². The summed E-state index contributed by atoms with van der Waals surface area (Å²) >= 11 is 5.23. The van der Waals surface area contributed by atoms with Crippen LogP contribution in [-0.2, 0) is 0 Å². The number of methoxy groups -OCH3 is 1. The van der Waals surface area contributed by atoms with Crippen molar-refractivity contribution in [2.24, 2.45) is 5.73 Å². The van der Waals surface area contributed by atoms with Crippen molar-refractivity contribution in [2.45, 2.75) is 64.2 Å². The van der Waals surface area contributed by atoms with Crippen LogP contribution in [0.4, 0.5) is 14.5 Å². The van der Waals surface area contributed by atoms with E-state index >= 15 is 4.39 Å². The average molecular weight is 506 g/mol. The molecule has 0 fully saturated rings. The number of nitriles is 1. The van der Waals surface area contributed by atoms with E-state index in [0.29, 0.717) is 11.4 Å². The van der Waals surface area contributed by atoms with Crippen LogP contribution < -0.4 is 20.2 Å². The molecular formula is C25H33F2N3O2SSi. The molecule has 2 aromatic carbocycles. The van der Waals surface area contributed by atoms with E-state index in [2.05, 4.69) is 46.9 Å². The molecule has 0 saturated carbocycles. The second kappa shape index (κ2) is 11.1. The lowest BCUT2D eigenvalue weighted by molar-refractivity contribution is 0.401. The molecule has 0 aliphatic rings. The van der Waals surface area contributed by atoms with Crippen molar-refractivity contribution >= 4 is 31.2 Å². The largest absolute Gasteiger partial charge is 0.541 e. The Morgan fingerprint density at radius 2 is 1.65 bits per heavy atom. The summed E-state index contributed by atoms with van der Waals surface area (Å²) < 4.78 is 42.2. The fourth-order valence-electron chi connectivity index (χ4n) is 4.70. The number of nitrogens with two attached hydrogens (primary N) is 1. The Hall–Kier alpha value is -2.70. The van der Waals surface area contributed by atoms with E-state index in [-0.39, 0.29) is 38.5 Å². The van der Waals surface area contributed by atoms with Gasteiger partial charge in [-0.05, 0) is 40.9 Å². The van der Waals surface area contributed by atoms with E-state index < -0.39 is 26.0 Å².